The van der Waals surface area contributed by atoms with Crippen LogP contribution in [0.5, 0.6) is 0 Å². The number of nitrogens with zero attached hydrogens (tertiary/aromatic N) is 3. The van der Waals surface area contributed by atoms with Crippen LogP contribution in [0, 0.1) is 5.82 Å². The van der Waals surface area contributed by atoms with Crippen LogP contribution in [0.2, 0.25) is 0 Å². The first-order valence-electron chi connectivity index (χ1n) is 8.92. The van der Waals surface area contributed by atoms with Crippen LogP contribution < -0.4 is 10.6 Å². The Bertz CT molecular complexity index is 1000. The number of pyridine rings is 2. The molecule has 3 rings (SSSR count). The predicted molar refractivity (Wildman–Crippen MR) is 101 cm³/mol. The summed E-state index contributed by atoms with van der Waals surface area (Å²) in [5.41, 5.74) is 0.116. The summed E-state index contributed by atoms with van der Waals surface area (Å²) < 4.78 is 38.7. The third kappa shape index (κ3) is 5.37. The number of nitrogens with one attached hydrogen (secondary N) is 2. The summed E-state index contributed by atoms with van der Waals surface area (Å²) in [5.74, 6) is -0.365. The average Bonchev–Trinajstić information content (AvgIpc) is 3.09. The highest BCUT2D eigenvalue weighted by molar-refractivity contribution is 5.84. The normalized spacial score (nSPS) is 12.6. The predicted octanol–water partition coefficient (Wildman–Crippen LogP) is 3.90. The molecular formula is C19H21F2N5O3. The molecule has 2 N–H and O–H groups in total. The molecule has 0 aromatic carbocycles. The summed E-state index contributed by atoms with van der Waals surface area (Å²) in [7, 11) is 0. The van der Waals surface area contributed by atoms with E-state index in [1.54, 1.807) is 20.8 Å². The second-order valence-corrected chi connectivity index (χ2v) is 7.19. The van der Waals surface area contributed by atoms with E-state index in [2.05, 4.69) is 25.6 Å². The number of fused-ring (bicyclic) bond motifs is 1. The third-order valence-electron chi connectivity index (χ3n) is 3.67. The van der Waals surface area contributed by atoms with Crippen molar-refractivity contribution in [3.63, 3.8) is 0 Å². The van der Waals surface area contributed by atoms with Crippen molar-refractivity contribution in [1.29, 1.82) is 0 Å². The summed E-state index contributed by atoms with van der Waals surface area (Å²) in [5, 5.41) is 5.26. The van der Waals surface area contributed by atoms with Gasteiger partial charge in [-0.2, -0.15) is 0 Å². The molecule has 0 aliphatic heterocycles. The number of hydrogen-bond donors (Lipinski definition) is 2. The van der Waals surface area contributed by atoms with Crippen molar-refractivity contribution in [2.45, 2.75) is 39.1 Å². The van der Waals surface area contributed by atoms with Gasteiger partial charge in [-0.3, -0.25) is 4.98 Å². The molecule has 1 unspecified atom stereocenters. The van der Waals surface area contributed by atoms with Gasteiger partial charge in [-0.15, -0.1) is 0 Å². The number of oxazole rings is 1. The molecule has 0 saturated heterocycles. The zero-order valence-electron chi connectivity index (χ0n) is 16.2. The van der Waals surface area contributed by atoms with Crippen LogP contribution in [0.4, 0.5) is 19.4 Å². The first-order chi connectivity index (χ1) is 13.7. The summed E-state index contributed by atoms with van der Waals surface area (Å²) in [6.07, 6.45) is 0.516. The highest BCUT2D eigenvalue weighted by atomic mass is 19.1. The first kappa shape index (κ1) is 20.4. The van der Waals surface area contributed by atoms with Gasteiger partial charge in [0.1, 0.15) is 11.4 Å². The number of carbonyl (C=O) groups excluding carboxylic acids is 1. The van der Waals surface area contributed by atoms with E-state index in [1.807, 2.05) is 0 Å². The molecule has 0 bridgehead atoms. The molecule has 1 amide bonds. The molecule has 0 aliphatic carbocycles. The van der Waals surface area contributed by atoms with Gasteiger partial charge in [0.05, 0.1) is 18.8 Å². The molecule has 0 saturated carbocycles. The van der Waals surface area contributed by atoms with Crippen molar-refractivity contribution in [3.8, 4) is 0 Å². The maximum atomic E-state index is 14.5. The molecule has 0 aliphatic rings. The third-order valence-corrected chi connectivity index (χ3v) is 3.67. The molecule has 3 heterocycles. The molecular weight excluding hydrogens is 384 g/mol. The topological polar surface area (TPSA) is 102 Å². The Morgan fingerprint density at radius 3 is 2.79 bits per heavy atom. The Morgan fingerprint density at radius 2 is 2.07 bits per heavy atom. The van der Waals surface area contributed by atoms with Gasteiger partial charge < -0.3 is 19.8 Å². The van der Waals surface area contributed by atoms with Crippen molar-refractivity contribution in [2.75, 3.05) is 11.9 Å². The molecule has 3 aromatic heterocycles. The second kappa shape index (κ2) is 8.38. The number of hydrogen-bond acceptors (Lipinski definition) is 7. The fourth-order valence-electron chi connectivity index (χ4n) is 2.43. The fourth-order valence-corrected chi connectivity index (χ4v) is 2.43. The molecule has 10 heteroatoms. The minimum Gasteiger partial charge on any atom is -0.444 e. The largest absolute Gasteiger partial charge is 0.444 e. The fraction of sp³-hybridized carbons (Fsp3) is 0.368. The zero-order valence-corrected chi connectivity index (χ0v) is 16.2. The average molecular weight is 405 g/mol. The lowest BCUT2D eigenvalue weighted by Crippen LogP contribution is -2.34. The SMILES string of the molecule is CC(C)(C)OC(=O)NCC(F)c1nc2c(NCc3ncccc3F)nccc2o1. The van der Waals surface area contributed by atoms with E-state index in [4.69, 9.17) is 9.15 Å². The second-order valence-electron chi connectivity index (χ2n) is 7.19. The van der Waals surface area contributed by atoms with Gasteiger partial charge in [0.15, 0.2) is 23.1 Å². The number of amides is 1. The summed E-state index contributed by atoms with van der Waals surface area (Å²) in [4.78, 5) is 23.9. The van der Waals surface area contributed by atoms with Crippen LogP contribution in [0.25, 0.3) is 11.1 Å². The van der Waals surface area contributed by atoms with Crippen LogP contribution in [-0.2, 0) is 11.3 Å². The zero-order chi connectivity index (χ0) is 21.0. The number of ether oxygens (including phenoxy) is 1. The molecule has 0 fully saturated rings. The minimum absolute atomic E-state index is 0.0697. The van der Waals surface area contributed by atoms with Gasteiger partial charge >= 0.3 is 6.09 Å². The number of alkyl carbamates (subject to hydrolysis) is 1. The molecule has 0 spiro atoms. The number of halogens is 2. The maximum Gasteiger partial charge on any atom is 0.407 e. The van der Waals surface area contributed by atoms with E-state index in [9.17, 15) is 13.6 Å². The van der Waals surface area contributed by atoms with Crippen LogP contribution in [0.15, 0.2) is 35.0 Å². The van der Waals surface area contributed by atoms with Crippen LogP contribution in [0.1, 0.15) is 38.5 Å². The van der Waals surface area contributed by atoms with E-state index in [1.165, 1.54) is 30.6 Å². The number of aromatic nitrogens is 3. The summed E-state index contributed by atoms with van der Waals surface area (Å²) in [6.45, 7) is 4.83. The number of alkyl halides is 1. The number of anilines is 1. The van der Waals surface area contributed by atoms with Crippen molar-refractivity contribution in [3.05, 3.63) is 48.0 Å². The summed E-state index contributed by atoms with van der Waals surface area (Å²) >= 11 is 0. The molecule has 29 heavy (non-hydrogen) atoms. The minimum atomic E-state index is -1.68. The Morgan fingerprint density at radius 1 is 1.28 bits per heavy atom. The molecule has 1 atom stereocenters. The summed E-state index contributed by atoms with van der Waals surface area (Å²) in [6, 6.07) is 4.33. The molecule has 154 valence electrons. The Balaban J connectivity index is 1.69. The van der Waals surface area contributed by atoms with Crippen molar-refractivity contribution in [1.82, 2.24) is 20.3 Å². The van der Waals surface area contributed by atoms with Crippen molar-refractivity contribution < 1.29 is 22.7 Å². The molecule has 3 aromatic rings. The molecule has 0 radical (unpaired) electrons. The lowest BCUT2D eigenvalue weighted by atomic mass is 10.2. The van der Waals surface area contributed by atoms with Crippen LogP contribution in [0.3, 0.4) is 0 Å². The smallest absolute Gasteiger partial charge is 0.407 e. The monoisotopic (exact) mass is 405 g/mol. The number of carbonyl (C=O) groups is 1. The maximum absolute atomic E-state index is 14.5. The lowest BCUT2D eigenvalue weighted by Gasteiger charge is -2.19. The van der Waals surface area contributed by atoms with Crippen molar-refractivity contribution >= 4 is 23.0 Å². The van der Waals surface area contributed by atoms with Gasteiger partial charge in [-0.05, 0) is 32.9 Å². The van der Waals surface area contributed by atoms with E-state index in [-0.39, 0.29) is 24.7 Å². The lowest BCUT2D eigenvalue weighted by molar-refractivity contribution is 0.0510. The Hall–Kier alpha value is -3.30. The van der Waals surface area contributed by atoms with Crippen LogP contribution in [-0.4, -0.2) is 33.2 Å². The highest BCUT2D eigenvalue weighted by Gasteiger charge is 2.22. The Labute approximate surface area is 165 Å². The highest BCUT2D eigenvalue weighted by Crippen LogP contribution is 2.26. The first-order valence-corrected chi connectivity index (χ1v) is 8.92. The van der Waals surface area contributed by atoms with E-state index in [0.29, 0.717) is 16.9 Å². The number of rotatable bonds is 6. The van der Waals surface area contributed by atoms with Gasteiger partial charge in [0.2, 0.25) is 5.89 Å². The van der Waals surface area contributed by atoms with E-state index < -0.39 is 23.7 Å². The molecule has 8 nitrogen and oxygen atoms in total. The standard InChI is InChI=1S/C19H21F2N5O3/c1-19(2,3)29-18(27)25-9-12(21)17-26-15-14(28-17)6-8-23-16(15)24-10-13-11(20)5-4-7-22-13/h4-8,12H,9-10H2,1-3H3,(H,23,24)(H,25,27). The van der Waals surface area contributed by atoms with E-state index >= 15 is 0 Å². The van der Waals surface area contributed by atoms with Gasteiger partial charge in [0, 0.05) is 18.5 Å². The Kier molecular flexibility index (Phi) is 5.90. The van der Waals surface area contributed by atoms with Gasteiger partial charge in [0.25, 0.3) is 0 Å². The quantitative estimate of drug-likeness (QED) is 0.641. The van der Waals surface area contributed by atoms with Gasteiger partial charge in [-0.25, -0.2) is 23.5 Å². The van der Waals surface area contributed by atoms with Crippen LogP contribution >= 0.6 is 0 Å². The van der Waals surface area contributed by atoms with Crippen molar-refractivity contribution in [2.24, 2.45) is 0 Å². The van der Waals surface area contributed by atoms with E-state index in [0.717, 1.165) is 0 Å². The van der Waals surface area contributed by atoms with Gasteiger partial charge in [-0.1, -0.05) is 0 Å².